The van der Waals surface area contributed by atoms with E-state index in [1.165, 1.54) is 23.7 Å². The third kappa shape index (κ3) is 5.11. The molecule has 31 heavy (non-hydrogen) atoms. The second-order valence-electron chi connectivity index (χ2n) is 7.04. The van der Waals surface area contributed by atoms with Crippen molar-refractivity contribution in [2.24, 2.45) is 0 Å². The number of carbonyl (C=O) groups excluding carboxylic acids is 1. The SMILES string of the molecule is O=C(/C=C1\CCCOc2cc(C(F)(F)F)ccc21)NCc1ccc(-c2csnn2)cc1. The smallest absolute Gasteiger partial charge is 0.416 e. The highest BCUT2D eigenvalue weighted by Crippen LogP contribution is 2.38. The van der Waals surface area contributed by atoms with Crippen LogP contribution in [0.4, 0.5) is 13.2 Å². The molecule has 0 aliphatic carbocycles. The minimum absolute atomic E-state index is 0.151. The summed E-state index contributed by atoms with van der Waals surface area (Å²) in [5, 5.41) is 8.70. The Labute approximate surface area is 180 Å². The third-order valence-electron chi connectivity index (χ3n) is 4.88. The number of aromatic nitrogens is 2. The Hall–Kier alpha value is -3.20. The summed E-state index contributed by atoms with van der Waals surface area (Å²) in [5.74, 6) is -0.158. The molecule has 1 amide bonds. The Morgan fingerprint density at radius 1 is 1.19 bits per heavy atom. The maximum Gasteiger partial charge on any atom is 0.416 e. The predicted octanol–water partition coefficient (Wildman–Crippen LogP) is 5.10. The molecule has 0 atom stereocenters. The fraction of sp³-hybridized carbons (Fsp3) is 0.227. The normalized spacial score (nSPS) is 15.1. The number of rotatable bonds is 4. The van der Waals surface area contributed by atoms with E-state index in [4.69, 9.17) is 4.74 Å². The van der Waals surface area contributed by atoms with Crippen LogP contribution in [0.25, 0.3) is 16.8 Å². The molecule has 0 fully saturated rings. The summed E-state index contributed by atoms with van der Waals surface area (Å²) < 4.78 is 48.3. The first-order valence-electron chi connectivity index (χ1n) is 9.59. The Morgan fingerprint density at radius 2 is 2.00 bits per heavy atom. The number of fused-ring (bicyclic) bond motifs is 1. The van der Waals surface area contributed by atoms with E-state index in [1.807, 2.05) is 29.6 Å². The van der Waals surface area contributed by atoms with Gasteiger partial charge in [-0.15, -0.1) is 5.10 Å². The van der Waals surface area contributed by atoms with Gasteiger partial charge in [-0.3, -0.25) is 4.79 Å². The molecule has 1 aromatic heterocycles. The number of nitrogens with zero attached hydrogens (tertiary/aromatic N) is 2. The van der Waals surface area contributed by atoms with Gasteiger partial charge in [0.2, 0.25) is 5.91 Å². The zero-order valence-electron chi connectivity index (χ0n) is 16.3. The van der Waals surface area contributed by atoms with Crippen molar-refractivity contribution >= 4 is 23.0 Å². The maximum absolute atomic E-state index is 13.0. The van der Waals surface area contributed by atoms with E-state index in [9.17, 15) is 18.0 Å². The fourth-order valence-electron chi connectivity index (χ4n) is 3.29. The van der Waals surface area contributed by atoms with Crippen molar-refractivity contribution in [3.63, 3.8) is 0 Å². The minimum Gasteiger partial charge on any atom is -0.493 e. The van der Waals surface area contributed by atoms with E-state index >= 15 is 0 Å². The Morgan fingerprint density at radius 3 is 2.71 bits per heavy atom. The average Bonchev–Trinajstić information content (AvgIpc) is 3.22. The topological polar surface area (TPSA) is 64.1 Å². The van der Waals surface area contributed by atoms with Crippen molar-refractivity contribution in [2.75, 3.05) is 6.61 Å². The predicted molar refractivity (Wildman–Crippen MR) is 111 cm³/mol. The van der Waals surface area contributed by atoms with Crippen molar-refractivity contribution in [1.29, 1.82) is 0 Å². The molecule has 5 nitrogen and oxygen atoms in total. The van der Waals surface area contributed by atoms with Crippen molar-refractivity contribution in [3.8, 4) is 17.0 Å². The first kappa shape index (κ1) is 21.0. The average molecular weight is 445 g/mol. The van der Waals surface area contributed by atoms with Crippen LogP contribution < -0.4 is 10.1 Å². The number of hydrogen-bond acceptors (Lipinski definition) is 5. The number of benzene rings is 2. The van der Waals surface area contributed by atoms with Gasteiger partial charge in [-0.25, -0.2) is 0 Å². The Balaban J connectivity index is 1.45. The molecule has 1 N–H and O–H groups in total. The molecule has 160 valence electrons. The molecule has 0 bridgehead atoms. The second-order valence-corrected chi connectivity index (χ2v) is 7.64. The van der Waals surface area contributed by atoms with E-state index in [-0.39, 0.29) is 11.7 Å². The summed E-state index contributed by atoms with van der Waals surface area (Å²) in [7, 11) is 0. The Kier molecular flexibility index (Phi) is 6.03. The Bertz CT molecular complexity index is 1090. The molecule has 1 aliphatic heterocycles. The largest absolute Gasteiger partial charge is 0.493 e. The van der Waals surface area contributed by atoms with Crippen molar-refractivity contribution in [2.45, 2.75) is 25.6 Å². The quantitative estimate of drug-likeness (QED) is 0.568. The number of halogens is 3. The highest BCUT2D eigenvalue weighted by molar-refractivity contribution is 7.03. The zero-order chi connectivity index (χ0) is 21.8. The number of carbonyl (C=O) groups is 1. The van der Waals surface area contributed by atoms with Crippen LogP contribution in [0.5, 0.6) is 5.75 Å². The van der Waals surface area contributed by atoms with Gasteiger partial charge in [0.15, 0.2) is 0 Å². The summed E-state index contributed by atoms with van der Waals surface area (Å²) in [6.07, 6.45) is -1.85. The molecule has 0 saturated heterocycles. The van der Waals surface area contributed by atoms with Gasteiger partial charge in [-0.1, -0.05) is 34.8 Å². The fourth-order valence-corrected chi connectivity index (χ4v) is 3.76. The highest BCUT2D eigenvalue weighted by atomic mass is 32.1. The van der Waals surface area contributed by atoms with Crippen LogP contribution in [0.1, 0.15) is 29.5 Å². The highest BCUT2D eigenvalue weighted by Gasteiger charge is 2.32. The van der Waals surface area contributed by atoms with Crippen LogP contribution >= 0.6 is 11.5 Å². The second kappa shape index (κ2) is 8.89. The van der Waals surface area contributed by atoms with Crippen LogP contribution in [0.15, 0.2) is 53.9 Å². The molecule has 4 rings (SSSR count). The lowest BCUT2D eigenvalue weighted by atomic mass is 9.99. The van der Waals surface area contributed by atoms with Crippen LogP contribution in [0.3, 0.4) is 0 Å². The van der Waals surface area contributed by atoms with E-state index in [1.54, 1.807) is 0 Å². The van der Waals surface area contributed by atoms with Crippen LogP contribution in [0, 0.1) is 0 Å². The number of ether oxygens (including phenoxy) is 1. The molecule has 1 aliphatic rings. The van der Waals surface area contributed by atoms with E-state index in [2.05, 4.69) is 14.9 Å². The van der Waals surface area contributed by atoms with Gasteiger partial charge in [0.1, 0.15) is 11.4 Å². The molecule has 0 radical (unpaired) electrons. The lowest BCUT2D eigenvalue weighted by Crippen LogP contribution is -2.20. The van der Waals surface area contributed by atoms with Crippen molar-refractivity contribution in [1.82, 2.24) is 14.9 Å². The number of hydrogen-bond donors (Lipinski definition) is 1. The number of alkyl halides is 3. The minimum atomic E-state index is -4.45. The summed E-state index contributed by atoms with van der Waals surface area (Å²) in [5.41, 5.74) is 3.06. The summed E-state index contributed by atoms with van der Waals surface area (Å²) >= 11 is 1.28. The van der Waals surface area contributed by atoms with Crippen LogP contribution in [-0.4, -0.2) is 22.1 Å². The molecule has 0 spiro atoms. The van der Waals surface area contributed by atoms with Crippen LogP contribution in [-0.2, 0) is 17.5 Å². The van der Waals surface area contributed by atoms with E-state index in [0.717, 1.165) is 29.0 Å². The monoisotopic (exact) mass is 445 g/mol. The van der Waals surface area contributed by atoms with Gasteiger partial charge in [-0.05, 0) is 47.6 Å². The molecule has 3 aromatic rings. The number of amides is 1. The standard InChI is InChI=1S/C22H18F3N3O2S/c23-22(24,25)17-7-8-18-16(2-1-9-30-20(18)11-17)10-21(29)26-12-14-3-5-15(6-4-14)19-13-31-28-27-19/h3-8,10-11,13H,1-2,9,12H2,(H,26,29)/b16-10+. The zero-order valence-corrected chi connectivity index (χ0v) is 17.1. The van der Waals surface area contributed by atoms with Gasteiger partial charge >= 0.3 is 6.18 Å². The summed E-state index contributed by atoms with van der Waals surface area (Å²) in [6, 6.07) is 11.0. The molecule has 0 saturated carbocycles. The molecule has 2 heterocycles. The van der Waals surface area contributed by atoms with Gasteiger partial charge in [-0.2, -0.15) is 13.2 Å². The third-order valence-corrected chi connectivity index (χ3v) is 5.39. The number of nitrogens with one attached hydrogen (secondary N) is 1. The lowest BCUT2D eigenvalue weighted by molar-refractivity contribution is -0.137. The van der Waals surface area contributed by atoms with Gasteiger partial charge in [0, 0.05) is 29.1 Å². The first-order valence-corrected chi connectivity index (χ1v) is 10.4. The summed E-state index contributed by atoms with van der Waals surface area (Å²) in [4.78, 5) is 12.5. The van der Waals surface area contributed by atoms with E-state index < -0.39 is 11.7 Å². The van der Waals surface area contributed by atoms with E-state index in [0.29, 0.717) is 37.1 Å². The van der Waals surface area contributed by atoms with Gasteiger partial charge < -0.3 is 10.1 Å². The first-order chi connectivity index (χ1) is 14.9. The maximum atomic E-state index is 13.0. The molecular formula is C22H18F3N3O2S. The lowest BCUT2D eigenvalue weighted by Gasteiger charge is -2.13. The van der Waals surface area contributed by atoms with Crippen molar-refractivity contribution in [3.05, 3.63) is 70.6 Å². The van der Waals surface area contributed by atoms with Gasteiger partial charge in [0.05, 0.1) is 12.2 Å². The van der Waals surface area contributed by atoms with Gasteiger partial charge in [0.25, 0.3) is 0 Å². The molecule has 0 unspecified atom stereocenters. The van der Waals surface area contributed by atoms with Crippen molar-refractivity contribution < 1.29 is 22.7 Å². The molecule has 2 aromatic carbocycles. The number of allylic oxidation sites excluding steroid dienone is 1. The summed E-state index contributed by atoms with van der Waals surface area (Å²) in [6.45, 7) is 0.628. The molecular weight excluding hydrogens is 427 g/mol. The van der Waals surface area contributed by atoms with Crippen LogP contribution in [0.2, 0.25) is 0 Å². The molecule has 9 heteroatoms.